The molecule has 1 heterocycles. The summed E-state index contributed by atoms with van der Waals surface area (Å²) in [5.74, 6) is -1.95. The van der Waals surface area contributed by atoms with Crippen molar-refractivity contribution >= 4 is 69.1 Å². The minimum Gasteiger partial charge on any atom is -0.478 e. The predicted molar refractivity (Wildman–Crippen MR) is 137 cm³/mol. The molecule has 1 aromatic heterocycles. The molecule has 176 valence electrons. The van der Waals surface area contributed by atoms with Gasteiger partial charge in [-0.1, -0.05) is 104 Å². The van der Waals surface area contributed by atoms with Gasteiger partial charge in [-0.05, 0) is 19.4 Å². The van der Waals surface area contributed by atoms with Gasteiger partial charge in [-0.25, -0.2) is 4.79 Å². The normalized spacial score (nSPS) is 11.3. The first-order valence-electron chi connectivity index (χ1n) is 10.9. The Balaban J connectivity index is 2.10. The van der Waals surface area contributed by atoms with E-state index in [9.17, 15) is 14.7 Å². The van der Waals surface area contributed by atoms with Gasteiger partial charge in [0.2, 0.25) is 0 Å². The van der Waals surface area contributed by atoms with E-state index in [2.05, 4.69) is 11.5 Å². The number of hydrogen-bond donors (Lipinski definition) is 1. The van der Waals surface area contributed by atoms with E-state index in [1.54, 1.807) is 0 Å². The maximum Gasteiger partial charge on any atom is 0.338 e. The third-order valence-electron chi connectivity index (χ3n) is 5.90. The molecule has 0 aliphatic carbocycles. The van der Waals surface area contributed by atoms with Crippen LogP contribution in [0.1, 0.15) is 77.4 Å². The molecule has 0 saturated carbocycles. The summed E-state index contributed by atoms with van der Waals surface area (Å²) in [4.78, 5) is 25.8. The lowest BCUT2D eigenvalue weighted by molar-refractivity contribution is 0.0693. The van der Waals surface area contributed by atoms with Gasteiger partial charge in [0.1, 0.15) is 0 Å². The van der Waals surface area contributed by atoms with Crippen molar-refractivity contribution in [2.45, 2.75) is 58.9 Å². The zero-order valence-corrected chi connectivity index (χ0v) is 21.5. The predicted octanol–water partition coefficient (Wildman–Crippen LogP) is 8.85. The van der Waals surface area contributed by atoms with Crippen LogP contribution in [0.3, 0.4) is 0 Å². The van der Waals surface area contributed by atoms with Crippen molar-refractivity contribution < 1.29 is 14.7 Å². The number of unbranched alkanes of at least 4 members (excludes halogenated alkanes) is 5. The summed E-state index contributed by atoms with van der Waals surface area (Å²) in [5.41, 5.74) is 1.33. The lowest BCUT2D eigenvalue weighted by atomic mass is 9.96. The van der Waals surface area contributed by atoms with Crippen LogP contribution in [0.5, 0.6) is 0 Å². The zero-order chi connectivity index (χ0) is 24.3. The molecule has 33 heavy (non-hydrogen) atoms. The maximum atomic E-state index is 13.8. The molecule has 0 bridgehead atoms. The number of carbonyl (C=O) groups excluding carboxylic acids is 1. The first-order valence-corrected chi connectivity index (χ1v) is 12.4. The molecule has 0 fully saturated rings. The number of halogens is 4. The molecule has 4 nitrogen and oxygen atoms in total. The summed E-state index contributed by atoms with van der Waals surface area (Å²) < 4.78 is 2.11. The van der Waals surface area contributed by atoms with Crippen molar-refractivity contribution in [1.29, 1.82) is 0 Å². The van der Waals surface area contributed by atoms with E-state index in [0.717, 1.165) is 36.0 Å². The number of benzene rings is 2. The Morgan fingerprint density at radius 3 is 2.03 bits per heavy atom. The van der Waals surface area contributed by atoms with Crippen LogP contribution in [0, 0.1) is 6.92 Å². The van der Waals surface area contributed by atoms with Crippen LogP contribution in [-0.4, -0.2) is 21.4 Å². The third kappa shape index (κ3) is 5.05. The van der Waals surface area contributed by atoms with Crippen molar-refractivity contribution in [1.82, 2.24) is 4.57 Å². The fraction of sp³-hybridized carbons (Fsp3) is 0.360. The van der Waals surface area contributed by atoms with Gasteiger partial charge in [-0.15, -0.1) is 0 Å². The Labute approximate surface area is 213 Å². The summed E-state index contributed by atoms with van der Waals surface area (Å²) in [7, 11) is 0. The molecule has 0 radical (unpaired) electrons. The summed E-state index contributed by atoms with van der Waals surface area (Å²) in [6.45, 7) is 4.81. The number of carboxylic acids is 1. The topological polar surface area (TPSA) is 59.3 Å². The van der Waals surface area contributed by atoms with Crippen molar-refractivity contribution in [3.63, 3.8) is 0 Å². The molecule has 0 aliphatic rings. The highest BCUT2D eigenvalue weighted by molar-refractivity contribution is 6.54. The van der Waals surface area contributed by atoms with E-state index in [1.165, 1.54) is 25.7 Å². The number of carbonyl (C=O) groups is 2. The van der Waals surface area contributed by atoms with Crippen LogP contribution >= 0.6 is 46.4 Å². The number of nitrogens with zero attached hydrogens (tertiary/aromatic N) is 1. The Hall–Kier alpha value is -1.72. The lowest BCUT2D eigenvalue weighted by Gasteiger charge is -2.14. The number of fused-ring (bicyclic) bond motifs is 1. The van der Waals surface area contributed by atoms with Gasteiger partial charge in [0.25, 0.3) is 0 Å². The van der Waals surface area contributed by atoms with Crippen LogP contribution in [0.2, 0.25) is 20.1 Å². The molecule has 8 heteroatoms. The quantitative estimate of drug-likeness (QED) is 0.124. The van der Waals surface area contributed by atoms with Gasteiger partial charge < -0.3 is 9.67 Å². The molecule has 0 unspecified atom stereocenters. The van der Waals surface area contributed by atoms with Crippen LogP contribution in [0.25, 0.3) is 10.9 Å². The summed E-state index contributed by atoms with van der Waals surface area (Å²) >= 11 is 24.8. The van der Waals surface area contributed by atoms with Crippen LogP contribution in [0.4, 0.5) is 0 Å². The molecular weight excluding hydrogens is 504 g/mol. The van der Waals surface area contributed by atoms with Crippen LogP contribution in [-0.2, 0) is 6.54 Å². The molecular formula is C25H25Cl4NO3. The average Bonchev–Trinajstić information content (AvgIpc) is 3.07. The van der Waals surface area contributed by atoms with Crippen molar-refractivity contribution in [3.8, 4) is 0 Å². The Bertz CT molecular complexity index is 1220. The van der Waals surface area contributed by atoms with E-state index < -0.39 is 17.3 Å². The highest BCUT2D eigenvalue weighted by Crippen LogP contribution is 2.43. The maximum absolute atomic E-state index is 13.8. The molecule has 0 atom stereocenters. The van der Waals surface area contributed by atoms with E-state index in [1.807, 2.05) is 31.2 Å². The second-order valence-corrected chi connectivity index (χ2v) is 9.55. The SMILES string of the molecule is CCCCCCCCn1c(C)c(C(=O)c2c(Cl)c(Cl)c(Cl)c(Cl)c2C(=O)O)c2ccccc21. The van der Waals surface area contributed by atoms with Crippen LogP contribution in [0.15, 0.2) is 24.3 Å². The molecule has 0 spiro atoms. The number of aromatic carboxylic acids is 1. The first-order chi connectivity index (χ1) is 15.7. The molecule has 3 aromatic rings. The Morgan fingerprint density at radius 1 is 0.818 bits per heavy atom. The number of para-hydroxylation sites is 1. The van der Waals surface area contributed by atoms with E-state index >= 15 is 0 Å². The fourth-order valence-corrected chi connectivity index (χ4v) is 5.25. The molecule has 3 rings (SSSR count). The lowest BCUT2D eigenvalue weighted by Crippen LogP contribution is -2.13. The largest absolute Gasteiger partial charge is 0.478 e. The van der Waals surface area contributed by atoms with E-state index in [-0.39, 0.29) is 25.7 Å². The van der Waals surface area contributed by atoms with E-state index in [4.69, 9.17) is 46.4 Å². The van der Waals surface area contributed by atoms with Crippen LogP contribution < -0.4 is 0 Å². The van der Waals surface area contributed by atoms with Gasteiger partial charge in [-0.3, -0.25) is 4.79 Å². The summed E-state index contributed by atoms with van der Waals surface area (Å²) in [5, 5.41) is 9.62. The van der Waals surface area contributed by atoms with Gasteiger partial charge in [-0.2, -0.15) is 0 Å². The number of rotatable bonds is 10. The number of hydrogen-bond acceptors (Lipinski definition) is 2. The summed E-state index contributed by atoms with van der Waals surface area (Å²) in [6.07, 6.45) is 6.93. The zero-order valence-electron chi connectivity index (χ0n) is 18.5. The second-order valence-electron chi connectivity index (χ2n) is 8.04. The second kappa shape index (κ2) is 11.1. The molecule has 0 aliphatic heterocycles. The van der Waals surface area contributed by atoms with Crippen molar-refractivity contribution in [2.24, 2.45) is 0 Å². The minimum absolute atomic E-state index is 0.148. The van der Waals surface area contributed by atoms with Gasteiger partial charge in [0, 0.05) is 23.1 Å². The van der Waals surface area contributed by atoms with Crippen molar-refractivity contribution in [3.05, 3.63) is 66.7 Å². The highest BCUT2D eigenvalue weighted by atomic mass is 35.5. The number of carboxylic acid groups (broad SMARTS) is 1. The third-order valence-corrected chi connectivity index (χ3v) is 7.70. The number of aromatic nitrogens is 1. The number of ketones is 1. The fourth-order valence-electron chi connectivity index (χ4n) is 4.23. The molecule has 0 amide bonds. The average molecular weight is 529 g/mol. The highest BCUT2D eigenvalue weighted by Gasteiger charge is 2.32. The van der Waals surface area contributed by atoms with Crippen molar-refractivity contribution in [2.75, 3.05) is 0 Å². The van der Waals surface area contributed by atoms with Gasteiger partial charge in [0.15, 0.2) is 5.78 Å². The minimum atomic E-state index is -1.41. The monoisotopic (exact) mass is 527 g/mol. The smallest absolute Gasteiger partial charge is 0.338 e. The number of aryl methyl sites for hydroxylation is 1. The molecule has 1 N–H and O–H groups in total. The van der Waals surface area contributed by atoms with Gasteiger partial charge in [0.05, 0.1) is 36.8 Å². The molecule has 2 aromatic carbocycles. The van der Waals surface area contributed by atoms with E-state index in [0.29, 0.717) is 5.56 Å². The summed E-state index contributed by atoms with van der Waals surface area (Å²) in [6, 6.07) is 7.56. The standard InChI is InChI=1S/C25H25Cl4NO3/c1-3-4-5-6-7-10-13-30-14(2)17(15-11-8-9-12-16(15)30)24(31)18-19(25(32)33)21(27)23(29)22(28)20(18)26/h8-9,11-12H,3-7,10,13H2,1-2H3,(H,32,33). The first kappa shape index (κ1) is 25.9. The van der Waals surface area contributed by atoms with Gasteiger partial charge >= 0.3 is 5.97 Å². The Morgan fingerprint density at radius 2 is 1.39 bits per heavy atom. The Kier molecular flexibility index (Phi) is 8.74. The molecule has 0 saturated heterocycles.